The van der Waals surface area contributed by atoms with Crippen LogP contribution in [-0.2, 0) is 22.3 Å². The molecular formula is CH22N5O10P3. The van der Waals surface area contributed by atoms with Gasteiger partial charge in [-0.1, -0.05) is 0 Å². The topological polar surface area (TPSA) is 359 Å². The molecule has 0 rings (SSSR count). The van der Waals surface area contributed by atoms with E-state index in [1.807, 2.05) is 0 Å². The van der Waals surface area contributed by atoms with Gasteiger partial charge in [-0.05, 0) is 0 Å². The highest BCUT2D eigenvalue weighted by atomic mass is 31.3. The lowest BCUT2D eigenvalue weighted by Gasteiger charge is -2.40. The molecule has 0 aliphatic rings. The number of quaternary nitrogens is 5. The number of hydrogen-bond acceptors (Lipinski definition) is 10. The lowest BCUT2D eigenvalue weighted by atomic mass is 11.6. The van der Waals surface area contributed by atoms with Crippen LogP contribution in [0.15, 0.2) is 0 Å². The Morgan fingerprint density at radius 1 is 0.684 bits per heavy atom. The average Bonchev–Trinajstić information content (AvgIpc) is 1.79. The van der Waals surface area contributed by atoms with Crippen molar-refractivity contribution in [1.82, 2.24) is 24.6 Å². The van der Waals surface area contributed by atoms with Crippen molar-refractivity contribution in [2.24, 2.45) is 0 Å². The highest BCUT2D eigenvalue weighted by molar-refractivity contribution is 7.64. The van der Waals surface area contributed by atoms with Crippen molar-refractivity contribution >= 4 is 23.5 Å². The first kappa shape index (κ1) is 36.5. The van der Waals surface area contributed by atoms with E-state index in [-0.39, 0.29) is 24.6 Å². The Morgan fingerprint density at radius 2 is 0.842 bits per heavy atom. The molecule has 19 heavy (non-hydrogen) atoms. The van der Waals surface area contributed by atoms with E-state index in [1.165, 1.54) is 0 Å². The molecule has 0 spiro atoms. The quantitative estimate of drug-likeness (QED) is 0.309. The highest BCUT2D eigenvalue weighted by Crippen LogP contribution is 2.57. The van der Waals surface area contributed by atoms with Gasteiger partial charge in [0.1, 0.15) is 0 Å². The van der Waals surface area contributed by atoms with Gasteiger partial charge in [0.15, 0.2) is 0 Å². The van der Waals surface area contributed by atoms with Crippen LogP contribution in [-0.4, -0.2) is 7.05 Å². The fourth-order valence-corrected chi connectivity index (χ4v) is 2.61. The monoisotopic (exact) mass is 357 g/mol. The fourth-order valence-electron chi connectivity index (χ4n) is 0.260. The Hall–Kier alpha value is 0.210. The summed E-state index contributed by atoms with van der Waals surface area (Å²) in [5.41, 5.74) is 3.25. The van der Waals surface area contributed by atoms with Crippen LogP contribution in [0.2, 0.25) is 0 Å². The van der Waals surface area contributed by atoms with E-state index in [2.05, 4.69) is 14.4 Å². The predicted octanol–water partition coefficient (Wildman–Crippen LogP) is -3.49. The summed E-state index contributed by atoms with van der Waals surface area (Å²) < 4.78 is 34.7. The van der Waals surface area contributed by atoms with Crippen LogP contribution in [0.5, 0.6) is 0 Å². The van der Waals surface area contributed by atoms with Gasteiger partial charge in [0, 0.05) is 0 Å². The maximum Gasteiger partial charge on any atom is 0.275 e. The van der Waals surface area contributed by atoms with Gasteiger partial charge >= 0.3 is 0 Å². The molecule has 0 saturated carbocycles. The maximum absolute atomic E-state index is 10.1. The minimum atomic E-state index is -5.97. The van der Waals surface area contributed by atoms with Crippen LogP contribution >= 0.6 is 23.5 Å². The molecule has 126 valence electrons. The van der Waals surface area contributed by atoms with Crippen molar-refractivity contribution < 1.29 is 52.5 Å². The summed E-state index contributed by atoms with van der Waals surface area (Å²) in [5.74, 6) is 0. The first-order valence-corrected chi connectivity index (χ1v) is 7.28. The molecule has 15 nitrogen and oxygen atoms in total. The maximum atomic E-state index is 10.1. The van der Waals surface area contributed by atoms with E-state index < -0.39 is 23.5 Å². The van der Waals surface area contributed by atoms with Crippen molar-refractivity contribution in [1.29, 1.82) is 0 Å². The number of rotatable bonds is 4. The third kappa shape index (κ3) is 32.1. The molecule has 0 saturated heterocycles. The second-order valence-electron chi connectivity index (χ2n) is 1.50. The summed E-state index contributed by atoms with van der Waals surface area (Å²) in [5, 5.41) is 0. The standard InChI is InChI=1S/CH5N.4H3N.H5O10P3/c1-2;;;;;1-11(2,3)9-13(7,8)10-12(4,5)6/h2H2,1H3;4*1H3;(H,7,8)(H2,1,2,3)(H2,4,5,6). The van der Waals surface area contributed by atoms with Crippen LogP contribution in [0.1, 0.15) is 0 Å². The van der Waals surface area contributed by atoms with Crippen molar-refractivity contribution in [2.45, 2.75) is 0 Å². The summed E-state index contributed by atoms with van der Waals surface area (Å²) in [4.78, 5) is 48.6. The molecule has 18 heteroatoms. The third-order valence-corrected chi connectivity index (χ3v) is 3.60. The molecule has 0 atom stereocenters. The lowest BCUT2D eigenvalue weighted by Crippen LogP contribution is -2.40. The van der Waals surface area contributed by atoms with Gasteiger partial charge in [-0.25, -0.2) is 0 Å². The molecular weight excluding hydrogens is 335 g/mol. The van der Waals surface area contributed by atoms with E-state index in [4.69, 9.17) is 0 Å². The van der Waals surface area contributed by atoms with E-state index in [9.17, 15) is 38.2 Å². The van der Waals surface area contributed by atoms with Crippen LogP contribution in [0.4, 0.5) is 0 Å². The van der Waals surface area contributed by atoms with Gasteiger partial charge in [-0.3, -0.25) is 13.2 Å². The molecule has 0 aliphatic carbocycles. The first-order valence-electron chi connectivity index (χ1n) is 2.90. The summed E-state index contributed by atoms with van der Waals surface area (Å²) in [6, 6.07) is 0. The zero-order chi connectivity index (χ0) is 12.9. The zero-order valence-electron chi connectivity index (χ0n) is 11.1. The summed E-state index contributed by atoms with van der Waals surface area (Å²) in [7, 11) is -16.2. The van der Waals surface area contributed by atoms with Crippen molar-refractivity contribution in [3.63, 3.8) is 0 Å². The normalized spacial score (nSPS) is 10.3. The van der Waals surface area contributed by atoms with E-state index in [0.29, 0.717) is 0 Å². The van der Waals surface area contributed by atoms with Gasteiger partial charge < -0.3 is 63.9 Å². The molecule has 0 bridgehead atoms. The van der Waals surface area contributed by atoms with Crippen molar-refractivity contribution in [3.05, 3.63) is 0 Å². The van der Waals surface area contributed by atoms with Gasteiger partial charge in [-0.15, -0.1) is 0 Å². The Morgan fingerprint density at radius 3 is 0.947 bits per heavy atom. The van der Waals surface area contributed by atoms with Gasteiger partial charge in [0.25, 0.3) is 7.82 Å². The SMILES string of the molecule is C[NH3+].O=P([O-])([O-])OP(=O)([O-])OP(=O)([O-])[O-].[NH4+].[NH4+].[NH4+].[NH4+]. The lowest BCUT2D eigenvalue weighted by molar-refractivity contribution is -0.346. The molecule has 0 amide bonds. The smallest absolute Gasteiger partial charge is 0.275 e. The Bertz CT molecular complexity index is 293. The second kappa shape index (κ2) is 13.2. The van der Waals surface area contributed by atoms with Gasteiger partial charge in [0.05, 0.1) is 22.7 Å². The molecule has 0 heterocycles. The van der Waals surface area contributed by atoms with E-state index in [0.717, 1.165) is 0 Å². The Balaban J connectivity index is -0.0000000669. The summed E-state index contributed by atoms with van der Waals surface area (Å²) in [6.45, 7) is 0. The molecule has 0 aromatic heterocycles. The number of hydrogen-bond donors (Lipinski definition) is 5. The zero-order valence-corrected chi connectivity index (χ0v) is 13.8. The molecule has 0 unspecified atom stereocenters. The molecule has 0 aromatic rings. The molecule has 0 aromatic carbocycles. The molecule has 0 aliphatic heterocycles. The van der Waals surface area contributed by atoms with Gasteiger partial charge in [0.2, 0.25) is 0 Å². The second-order valence-corrected chi connectivity index (χ2v) is 5.49. The van der Waals surface area contributed by atoms with Gasteiger partial charge in [-0.2, -0.15) is 0 Å². The Labute approximate surface area is 108 Å². The number of phosphoric acid groups is 3. The largest absolute Gasteiger partial charge is 0.790 e. The Kier molecular flexibility index (Phi) is 25.4. The minimum Gasteiger partial charge on any atom is -0.790 e. The van der Waals surface area contributed by atoms with Crippen LogP contribution < -0.4 is 54.8 Å². The third-order valence-electron chi connectivity index (χ3n) is 0.400. The molecule has 19 N–H and O–H groups in total. The predicted molar refractivity (Wildman–Crippen MR) is 57.7 cm³/mol. The van der Waals surface area contributed by atoms with E-state index in [1.54, 1.807) is 7.05 Å². The first-order chi connectivity index (χ1) is 6.41. The minimum absolute atomic E-state index is 0. The summed E-state index contributed by atoms with van der Waals surface area (Å²) >= 11 is 0. The van der Waals surface area contributed by atoms with Crippen LogP contribution in [0, 0.1) is 0 Å². The highest BCUT2D eigenvalue weighted by Gasteiger charge is 2.13. The van der Waals surface area contributed by atoms with Crippen LogP contribution in [0.3, 0.4) is 0 Å². The summed E-state index contributed by atoms with van der Waals surface area (Å²) in [6.07, 6.45) is 0. The fraction of sp³-hybridized carbons (Fsp3) is 1.00. The van der Waals surface area contributed by atoms with E-state index >= 15 is 0 Å². The van der Waals surface area contributed by atoms with Crippen LogP contribution in [0.25, 0.3) is 0 Å². The molecule has 0 radical (unpaired) electrons. The molecule has 0 fully saturated rings. The average molecular weight is 357 g/mol. The van der Waals surface area contributed by atoms with Crippen molar-refractivity contribution in [2.75, 3.05) is 7.05 Å². The van der Waals surface area contributed by atoms with Crippen molar-refractivity contribution in [3.8, 4) is 0 Å².